The fourth-order valence-electron chi connectivity index (χ4n) is 2.08. The number of allylic oxidation sites excluding steroid dienone is 1. The zero-order chi connectivity index (χ0) is 14.7. The van der Waals surface area contributed by atoms with E-state index in [4.69, 9.17) is 5.73 Å². The third kappa shape index (κ3) is 2.98. The van der Waals surface area contributed by atoms with Crippen LogP contribution in [0.3, 0.4) is 0 Å². The van der Waals surface area contributed by atoms with Gasteiger partial charge in [0.05, 0.1) is 11.2 Å². The van der Waals surface area contributed by atoms with Crippen LogP contribution in [0.15, 0.2) is 66.7 Å². The molecule has 0 saturated heterocycles. The van der Waals surface area contributed by atoms with Crippen molar-refractivity contribution in [2.45, 2.75) is 0 Å². The van der Waals surface area contributed by atoms with Gasteiger partial charge in [-0.1, -0.05) is 24.3 Å². The Balaban J connectivity index is 1.83. The number of hydrogen-bond acceptors (Lipinski definition) is 3. The number of carbonyl (C=O) groups excluding carboxylic acids is 1. The summed E-state index contributed by atoms with van der Waals surface area (Å²) in [6.07, 6.45) is 3.26. The first-order valence-electron chi connectivity index (χ1n) is 6.66. The molecular formula is C18H14N2O. The molecule has 1 aromatic heterocycles. The molecule has 102 valence electrons. The number of carbonyl (C=O) groups is 1. The Kier molecular flexibility index (Phi) is 3.48. The Hall–Kier alpha value is -2.94. The van der Waals surface area contributed by atoms with Gasteiger partial charge in [-0.25, -0.2) is 4.98 Å². The highest BCUT2D eigenvalue weighted by atomic mass is 16.1. The van der Waals surface area contributed by atoms with Crippen molar-refractivity contribution < 1.29 is 4.79 Å². The smallest absolute Gasteiger partial charge is 0.185 e. The first-order valence-corrected chi connectivity index (χ1v) is 6.66. The molecule has 0 fully saturated rings. The lowest BCUT2D eigenvalue weighted by Crippen LogP contribution is -1.95. The molecule has 0 bridgehead atoms. The highest BCUT2D eigenvalue weighted by Crippen LogP contribution is 2.13. The van der Waals surface area contributed by atoms with Crippen LogP contribution in [0, 0.1) is 0 Å². The molecule has 2 N–H and O–H groups in total. The molecule has 0 atom stereocenters. The van der Waals surface area contributed by atoms with E-state index < -0.39 is 0 Å². The Morgan fingerprint density at radius 3 is 2.52 bits per heavy atom. The van der Waals surface area contributed by atoms with Crippen molar-refractivity contribution in [2.75, 3.05) is 5.73 Å². The fourth-order valence-corrected chi connectivity index (χ4v) is 2.08. The summed E-state index contributed by atoms with van der Waals surface area (Å²) in [7, 11) is 0. The number of para-hydroxylation sites is 1. The van der Waals surface area contributed by atoms with Crippen LogP contribution >= 0.6 is 0 Å². The predicted molar refractivity (Wildman–Crippen MR) is 86.0 cm³/mol. The molecule has 0 spiro atoms. The molecule has 0 aliphatic rings. The Labute approximate surface area is 122 Å². The summed E-state index contributed by atoms with van der Waals surface area (Å²) in [4.78, 5) is 16.5. The summed E-state index contributed by atoms with van der Waals surface area (Å²) >= 11 is 0. The molecule has 3 nitrogen and oxygen atoms in total. The highest BCUT2D eigenvalue weighted by Gasteiger charge is 2.01. The van der Waals surface area contributed by atoms with Crippen LogP contribution in [0.2, 0.25) is 0 Å². The molecule has 0 amide bonds. The van der Waals surface area contributed by atoms with Crippen LogP contribution in [0.25, 0.3) is 17.0 Å². The standard InChI is InChI=1S/C18H14N2O/c19-15-8-5-14(6-9-15)18(21)12-11-16-10-7-13-3-1-2-4-17(13)20-16/h1-12H,19H2. The maximum Gasteiger partial charge on any atom is 0.185 e. The number of benzene rings is 2. The van der Waals surface area contributed by atoms with Gasteiger partial charge in [-0.3, -0.25) is 4.79 Å². The lowest BCUT2D eigenvalue weighted by atomic mass is 10.1. The first-order chi connectivity index (χ1) is 10.2. The summed E-state index contributed by atoms with van der Waals surface area (Å²) in [5.41, 5.74) is 8.54. The van der Waals surface area contributed by atoms with Gasteiger partial charge in [-0.2, -0.15) is 0 Å². The minimum Gasteiger partial charge on any atom is -0.399 e. The number of nitrogens with two attached hydrogens (primary N) is 1. The van der Waals surface area contributed by atoms with Gasteiger partial charge in [0.25, 0.3) is 0 Å². The largest absolute Gasteiger partial charge is 0.399 e. The van der Waals surface area contributed by atoms with Gasteiger partial charge < -0.3 is 5.73 Å². The number of anilines is 1. The molecule has 0 unspecified atom stereocenters. The molecule has 0 radical (unpaired) electrons. The maximum absolute atomic E-state index is 12.0. The summed E-state index contributed by atoms with van der Waals surface area (Å²) in [6, 6.07) is 18.7. The molecule has 0 saturated carbocycles. The van der Waals surface area contributed by atoms with Crippen LogP contribution < -0.4 is 5.73 Å². The van der Waals surface area contributed by atoms with Crippen molar-refractivity contribution in [1.82, 2.24) is 4.98 Å². The van der Waals surface area contributed by atoms with E-state index in [1.165, 1.54) is 6.08 Å². The van der Waals surface area contributed by atoms with Crippen molar-refractivity contribution in [3.05, 3.63) is 78.0 Å². The van der Waals surface area contributed by atoms with Crippen LogP contribution in [0.1, 0.15) is 16.1 Å². The third-order valence-corrected chi connectivity index (χ3v) is 3.22. The average Bonchev–Trinajstić information content (AvgIpc) is 2.53. The summed E-state index contributed by atoms with van der Waals surface area (Å²) in [6.45, 7) is 0. The molecular weight excluding hydrogens is 260 g/mol. The maximum atomic E-state index is 12.0. The lowest BCUT2D eigenvalue weighted by molar-refractivity contribution is 0.104. The molecule has 3 heteroatoms. The molecule has 3 rings (SSSR count). The van der Waals surface area contributed by atoms with Gasteiger partial charge >= 0.3 is 0 Å². The number of aromatic nitrogens is 1. The van der Waals surface area contributed by atoms with Gasteiger partial charge in [-0.15, -0.1) is 0 Å². The Morgan fingerprint density at radius 1 is 0.952 bits per heavy atom. The second-order valence-corrected chi connectivity index (χ2v) is 4.75. The van der Waals surface area contributed by atoms with E-state index in [0.717, 1.165) is 16.6 Å². The topological polar surface area (TPSA) is 56.0 Å². The van der Waals surface area contributed by atoms with Crippen LogP contribution in [-0.4, -0.2) is 10.8 Å². The van der Waals surface area contributed by atoms with Gasteiger partial charge in [0.15, 0.2) is 5.78 Å². The first kappa shape index (κ1) is 13.1. The summed E-state index contributed by atoms with van der Waals surface area (Å²) in [5, 5.41) is 1.08. The Bertz CT molecular complexity index is 820. The van der Waals surface area contributed by atoms with Crippen LogP contribution in [-0.2, 0) is 0 Å². The molecule has 3 aromatic rings. The van der Waals surface area contributed by atoms with Gasteiger partial charge in [-0.05, 0) is 48.6 Å². The molecule has 2 aromatic carbocycles. The average molecular weight is 274 g/mol. The quantitative estimate of drug-likeness (QED) is 0.450. The zero-order valence-electron chi connectivity index (χ0n) is 11.4. The van der Waals surface area contributed by atoms with E-state index >= 15 is 0 Å². The van der Waals surface area contributed by atoms with Crippen LogP contribution in [0.4, 0.5) is 5.69 Å². The normalized spacial score (nSPS) is 11.0. The van der Waals surface area contributed by atoms with Crippen molar-refractivity contribution in [2.24, 2.45) is 0 Å². The second kappa shape index (κ2) is 5.59. The number of hydrogen-bond donors (Lipinski definition) is 1. The van der Waals surface area contributed by atoms with Crippen molar-refractivity contribution in [1.29, 1.82) is 0 Å². The Morgan fingerprint density at radius 2 is 1.71 bits per heavy atom. The summed E-state index contributed by atoms with van der Waals surface area (Å²) < 4.78 is 0. The minimum atomic E-state index is -0.0649. The minimum absolute atomic E-state index is 0.0649. The molecule has 21 heavy (non-hydrogen) atoms. The number of ketones is 1. The fraction of sp³-hybridized carbons (Fsp3) is 0. The predicted octanol–water partition coefficient (Wildman–Crippen LogP) is 3.71. The van der Waals surface area contributed by atoms with E-state index in [1.807, 2.05) is 36.4 Å². The molecule has 0 aliphatic carbocycles. The number of nitrogens with zero attached hydrogens (tertiary/aromatic N) is 1. The van der Waals surface area contributed by atoms with Gasteiger partial charge in [0, 0.05) is 16.6 Å². The van der Waals surface area contributed by atoms with Crippen molar-refractivity contribution in [3.8, 4) is 0 Å². The monoisotopic (exact) mass is 274 g/mol. The molecule has 1 heterocycles. The van der Waals surface area contributed by atoms with E-state index in [0.29, 0.717) is 11.3 Å². The van der Waals surface area contributed by atoms with Gasteiger partial charge in [0.2, 0.25) is 0 Å². The van der Waals surface area contributed by atoms with E-state index in [2.05, 4.69) is 4.98 Å². The number of nitrogen functional groups attached to an aromatic ring is 1. The zero-order valence-corrected chi connectivity index (χ0v) is 11.4. The number of pyridine rings is 1. The SMILES string of the molecule is Nc1ccc(C(=O)C=Cc2ccc3ccccc3n2)cc1. The third-order valence-electron chi connectivity index (χ3n) is 3.22. The van der Waals surface area contributed by atoms with Crippen molar-refractivity contribution in [3.63, 3.8) is 0 Å². The number of fused-ring (bicyclic) bond motifs is 1. The van der Waals surface area contributed by atoms with E-state index in [9.17, 15) is 4.79 Å². The lowest BCUT2D eigenvalue weighted by Gasteiger charge is -1.99. The van der Waals surface area contributed by atoms with Crippen LogP contribution in [0.5, 0.6) is 0 Å². The van der Waals surface area contributed by atoms with Gasteiger partial charge in [0.1, 0.15) is 0 Å². The highest BCUT2D eigenvalue weighted by molar-refractivity contribution is 6.06. The molecule has 0 aliphatic heterocycles. The van der Waals surface area contributed by atoms with Crippen molar-refractivity contribution >= 4 is 28.4 Å². The van der Waals surface area contributed by atoms with E-state index in [1.54, 1.807) is 30.3 Å². The number of rotatable bonds is 3. The summed E-state index contributed by atoms with van der Waals surface area (Å²) in [5.74, 6) is -0.0649. The second-order valence-electron chi connectivity index (χ2n) is 4.75. The van der Waals surface area contributed by atoms with E-state index in [-0.39, 0.29) is 5.78 Å².